The van der Waals surface area contributed by atoms with E-state index in [1.807, 2.05) is 6.07 Å². The van der Waals surface area contributed by atoms with Crippen molar-refractivity contribution >= 4 is 22.8 Å². The highest BCUT2D eigenvalue weighted by Crippen LogP contribution is 2.40. The zero-order valence-electron chi connectivity index (χ0n) is 16.4. The number of fused-ring (bicyclic) bond motifs is 1. The summed E-state index contributed by atoms with van der Waals surface area (Å²) in [6, 6.07) is 4.80. The average Bonchev–Trinajstić information content (AvgIpc) is 3.10. The molecule has 0 radical (unpaired) electrons. The van der Waals surface area contributed by atoms with Gasteiger partial charge < -0.3 is 14.6 Å². The highest BCUT2D eigenvalue weighted by molar-refractivity contribution is 6.10. The van der Waals surface area contributed by atoms with Crippen molar-refractivity contribution in [3.63, 3.8) is 0 Å². The molecule has 7 nitrogen and oxygen atoms in total. The average molecular weight is 395 g/mol. The minimum atomic E-state index is -0.495. The van der Waals surface area contributed by atoms with Crippen LogP contribution in [-0.4, -0.2) is 44.4 Å². The number of hydrogen-bond acceptors (Lipinski definition) is 6. The third kappa shape index (κ3) is 3.22. The van der Waals surface area contributed by atoms with Gasteiger partial charge in [-0.25, -0.2) is 15.0 Å². The van der Waals surface area contributed by atoms with Gasteiger partial charge in [-0.15, -0.1) is 0 Å². The second-order valence-corrected chi connectivity index (χ2v) is 8.24. The predicted molar refractivity (Wildman–Crippen MR) is 105 cm³/mol. The van der Waals surface area contributed by atoms with Crippen molar-refractivity contribution in [1.29, 1.82) is 0 Å². The largest absolute Gasteiger partial charge is 0.442 e. The quantitative estimate of drug-likeness (QED) is 0.679. The molecular weight excluding hydrogens is 373 g/mol. The van der Waals surface area contributed by atoms with Crippen molar-refractivity contribution < 1.29 is 13.6 Å². The fourth-order valence-corrected chi connectivity index (χ4v) is 3.99. The first-order chi connectivity index (χ1) is 13.9. The zero-order valence-corrected chi connectivity index (χ0v) is 16.4. The maximum atomic E-state index is 13.5. The normalized spacial score (nSPS) is 20.2. The highest BCUT2D eigenvalue weighted by atomic mass is 19.1. The monoisotopic (exact) mass is 395 g/mol. The molecule has 3 aromatic rings. The van der Waals surface area contributed by atoms with Crippen LogP contribution in [0.4, 0.5) is 10.2 Å². The summed E-state index contributed by atoms with van der Waals surface area (Å²) in [6.07, 6.45) is 4.33. The number of carbonyl (C=O) groups excluding carboxylic acids is 1. The molecule has 1 amide bonds. The lowest BCUT2D eigenvalue weighted by Crippen LogP contribution is -2.29. The van der Waals surface area contributed by atoms with Crippen LogP contribution in [0.3, 0.4) is 0 Å². The lowest BCUT2D eigenvalue weighted by molar-refractivity contribution is 0.0790. The second-order valence-electron chi connectivity index (χ2n) is 8.24. The van der Waals surface area contributed by atoms with Crippen LogP contribution in [-0.2, 0) is 0 Å². The summed E-state index contributed by atoms with van der Waals surface area (Å²) in [5.41, 5.74) is 1.60. The summed E-state index contributed by atoms with van der Waals surface area (Å²) >= 11 is 0. The Balaban J connectivity index is 1.46. The number of nitrogens with zero attached hydrogens (tertiary/aromatic N) is 4. The van der Waals surface area contributed by atoms with Gasteiger partial charge in [0.2, 0.25) is 11.7 Å². The molecule has 1 atom stereocenters. The summed E-state index contributed by atoms with van der Waals surface area (Å²) < 4.78 is 19.3. The Morgan fingerprint density at radius 2 is 2.17 bits per heavy atom. The van der Waals surface area contributed by atoms with Gasteiger partial charge in [-0.3, -0.25) is 4.79 Å². The number of amides is 1. The third-order valence-corrected chi connectivity index (χ3v) is 5.93. The first-order valence-corrected chi connectivity index (χ1v) is 9.87. The first kappa shape index (κ1) is 18.0. The minimum absolute atomic E-state index is 0.00850. The molecule has 0 bridgehead atoms. The third-order valence-electron chi connectivity index (χ3n) is 5.93. The van der Waals surface area contributed by atoms with Gasteiger partial charge in [0.15, 0.2) is 0 Å². The van der Waals surface area contributed by atoms with E-state index in [1.165, 1.54) is 12.4 Å². The Kier molecular flexibility index (Phi) is 4.04. The molecule has 2 fully saturated rings. The fraction of sp³-hybridized carbons (Fsp3) is 0.429. The summed E-state index contributed by atoms with van der Waals surface area (Å²) in [6.45, 7) is 4.99. The molecule has 150 valence electrons. The summed E-state index contributed by atoms with van der Waals surface area (Å²) in [5.74, 6) is 0.580. The molecular formula is C21H22FN5O2. The first-order valence-electron chi connectivity index (χ1n) is 9.87. The van der Waals surface area contributed by atoms with Crippen molar-refractivity contribution in [2.24, 2.45) is 0 Å². The molecule has 29 heavy (non-hydrogen) atoms. The van der Waals surface area contributed by atoms with Crippen LogP contribution in [0.25, 0.3) is 11.1 Å². The van der Waals surface area contributed by atoms with E-state index in [2.05, 4.69) is 27.2 Å². The number of nitrogens with one attached hydrogen (secondary N) is 1. The number of furan rings is 1. The number of pyridine rings is 1. The molecule has 8 heteroatoms. The van der Waals surface area contributed by atoms with Gasteiger partial charge in [0.05, 0.1) is 10.9 Å². The van der Waals surface area contributed by atoms with Crippen LogP contribution < -0.4 is 5.32 Å². The van der Waals surface area contributed by atoms with Crippen molar-refractivity contribution in [3.8, 4) is 0 Å². The molecule has 5 rings (SSSR count). The van der Waals surface area contributed by atoms with E-state index >= 15 is 0 Å². The Bertz CT molecular complexity index is 1110. The van der Waals surface area contributed by atoms with E-state index in [0.29, 0.717) is 47.0 Å². The topological polar surface area (TPSA) is 84.2 Å². The number of hydrogen-bond donors (Lipinski definition) is 1. The van der Waals surface area contributed by atoms with Crippen molar-refractivity contribution in [3.05, 3.63) is 47.5 Å². The van der Waals surface area contributed by atoms with Crippen LogP contribution in [0, 0.1) is 12.9 Å². The van der Waals surface area contributed by atoms with Crippen LogP contribution in [0.1, 0.15) is 53.9 Å². The van der Waals surface area contributed by atoms with E-state index < -0.39 is 5.95 Å². The van der Waals surface area contributed by atoms with Crippen LogP contribution in [0.15, 0.2) is 28.9 Å². The minimum Gasteiger partial charge on any atom is -0.442 e. The van der Waals surface area contributed by atoms with E-state index in [4.69, 9.17) is 4.42 Å². The SMILES string of the molecule is Cc1oc2ncnc(NC3(C)CC3)c2c1C(=O)N1CCC(c2cccc(F)n2)C1. The van der Waals surface area contributed by atoms with E-state index in [9.17, 15) is 9.18 Å². The van der Waals surface area contributed by atoms with Crippen LogP contribution in [0.5, 0.6) is 0 Å². The summed E-state index contributed by atoms with van der Waals surface area (Å²) in [5, 5.41) is 4.08. The summed E-state index contributed by atoms with van der Waals surface area (Å²) in [4.78, 5) is 27.8. The maximum absolute atomic E-state index is 13.5. The lowest BCUT2D eigenvalue weighted by Gasteiger charge is -2.17. The van der Waals surface area contributed by atoms with Gasteiger partial charge in [-0.1, -0.05) is 6.07 Å². The highest BCUT2D eigenvalue weighted by Gasteiger charge is 2.39. The van der Waals surface area contributed by atoms with Gasteiger partial charge in [-0.05, 0) is 45.2 Å². The molecule has 1 aliphatic carbocycles. The molecule has 1 N–H and O–H groups in total. The maximum Gasteiger partial charge on any atom is 0.258 e. The Hall–Kier alpha value is -3.03. The number of halogens is 1. The van der Waals surface area contributed by atoms with E-state index in [0.717, 1.165) is 19.3 Å². The van der Waals surface area contributed by atoms with Gasteiger partial charge in [0.25, 0.3) is 5.91 Å². The van der Waals surface area contributed by atoms with Crippen molar-refractivity contribution in [1.82, 2.24) is 19.9 Å². The van der Waals surface area contributed by atoms with E-state index in [-0.39, 0.29) is 17.4 Å². The number of aromatic nitrogens is 3. The number of carbonyl (C=O) groups is 1. The smallest absolute Gasteiger partial charge is 0.258 e. The van der Waals surface area contributed by atoms with Crippen molar-refractivity contribution in [2.45, 2.75) is 44.6 Å². The Morgan fingerprint density at radius 3 is 2.93 bits per heavy atom. The van der Waals surface area contributed by atoms with Crippen LogP contribution in [0.2, 0.25) is 0 Å². The predicted octanol–water partition coefficient (Wildman–Crippen LogP) is 3.66. The number of rotatable bonds is 4. The zero-order chi connectivity index (χ0) is 20.2. The molecule has 3 aromatic heterocycles. The van der Waals surface area contributed by atoms with Gasteiger partial charge in [0.1, 0.15) is 17.9 Å². The molecule has 1 saturated carbocycles. The second kappa shape index (κ2) is 6.50. The molecule has 0 spiro atoms. The number of likely N-dealkylation sites (tertiary alicyclic amines) is 1. The van der Waals surface area contributed by atoms with Crippen LogP contribution >= 0.6 is 0 Å². The lowest BCUT2D eigenvalue weighted by atomic mass is 10.0. The number of aryl methyl sites for hydroxylation is 1. The van der Waals surface area contributed by atoms with Crippen molar-refractivity contribution in [2.75, 3.05) is 18.4 Å². The molecule has 2 aliphatic rings. The summed E-state index contributed by atoms with van der Waals surface area (Å²) in [7, 11) is 0. The fourth-order valence-electron chi connectivity index (χ4n) is 3.99. The molecule has 1 aliphatic heterocycles. The number of anilines is 1. The standard InChI is InChI=1S/C21H22FN5O2/c1-12-16(17-18(26-21(2)7-8-21)23-11-24-19(17)29-12)20(28)27-9-6-13(10-27)14-4-3-5-15(22)25-14/h3-5,11,13H,6-10H2,1-2H3,(H,23,24,26). The molecule has 0 aromatic carbocycles. The van der Waals surface area contributed by atoms with Gasteiger partial charge in [0, 0.05) is 30.2 Å². The van der Waals surface area contributed by atoms with Gasteiger partial charge >= 0.3 is 0 Å². The van der Waals surface area contributed by atoms with Gasteiger partial charge in [-0.2, -0.15) is 4.39 Å². The Morgan fingerprint density at radius 1 is 1.34 bits per heavy atom. The molecule has 1 saturated heterocycles. The Labute approximate surface area is 167 Å². The van der Waals surface area contributed by atoms with E-state index in [1.54, 1.807) is 17.9 Å². The molecule has 1 unspecified atom stereocenters. The molecule has 4 heterocycles.